The van der Waals surface area contributed by atoms with Gasteiger partial charge in [-0.2, -0.15) is 8.42 Å². The summed E-state index contributed by atoms with van der Waals surface area (Å²) in [6.07, 6.45) is 9.73. The van der Waals surface area contributed by atoms with Crippen LogP contribution in [0.3, 0.4) is 0 Å². The van der Waals surface area contributed by atoms with Crippen LogP contribution in [0.5, 0.6) is 23.0 Å². The Morgan fingerprint density at radius 1 is 0.868 bits per heavy atom. The lowest BCUT2D eigenvalue weighted by molar-refractivity contribution is -0.0956. The van der Waals surface area contributed by atoms with Gasteiger partial charge in [0.25, 0.3) is 0 Å². The Morgan fingerprint density at radius 3 is 2.29 bits per heavy atom. The number of benzene rings is 2. The Balaban J connectivity index is 1.56. The van der Waals surface area contributed by atoms with E-state index in [0.29, 0.717) is 5.75 Å². The lowest BCUT2D eigenvalue weighted by atomic mass is 9.51. The van der Waals surface area contributed by atoms with Gasteiger partial charge in [-0.1, -0.05) is 37.8 Å². The molecule has 3 aromatic rings. The van der Waals surface area contributed by atoms with Crippen LogP contribution in [0.25, 0.3) is 0 Å². The average molecular weight is 555 g/mol. The minimum absolute atomic E-state index is 0.0393. The van der Waals surface area contributed by atoms with Crippen molar-refractivity contribution < 1.29 is 26.8 Å². The van der Waals surface area contributed by atoms with Crippen LogP contribution in [0, 0.1) is 5.92 Å². The zero-order valence-corrected chi connectivity index (χ0v) is 23.5. The first-order valence-electron chi connectivity index (χ1n) is 13.5. The summed E-state index contributed by atoms with van der Waals surface area (Å²) in [5.74, 6) is 2.61. The standard InChI is InChI=1S/C30H34O6S2/c1-33-21-11-13-23-25(19-21)35-30(17-7-4-9-27(30)29(23)15-5-3-6-16-29)24-14-12-22(34-2)20-26(24)36-38(31,32)28-10-8-18-37-28/h8,10-14,18-20,27H,3-7,9,15-17H2,1-2H3/t27-,30+/m1/s1. The third-order valence-corrected chi connectivity index (χ3v) is 11.5. The fourth-order valence-corrected chi connectivity index (χ4v) is 9.18. The minimum atomic E-state index is -4.01. The van der Waals surface area contributed by atoms with Crippen molar-refractivity contribution in [2.45, 2.75) is 73.0 Å². The molecule has 2 saturated carbocycles. The highest BCUT2D eigenvalue weighted by molar-refractivity contribution is 7.89. The third-order valence-electron chi connectivity index (χ3n) is 8.87. The molecule has 0 bridgehead atoms. The SMILES string of the molecule is COc1ccc2c(c1)O[C@]1(c3ccc(OC)cc3OS(=O)(=O)c3cccs3)CCCC[C@@H]1C21CCCCC1. The van der Waals surface area contributed by atoms with Crippen LogP contribution in [0.4, 0.5) is 0 Å². The number of methoxy groups -OCH3 is 2. The molecule has 0 radical (unpaired) electrons. The normalized spacial score (nSPS) is 24.1. The highest BCUT2D eigenvalue weighted by atomic mass is 32.3. The molecular formula is C30H34O6S2. The lowest BCUT2D eigenvalue weighted by Crippen LogP contribution is -2.57. The topological polar surface area (TPSA) is 71.1 Å². The van der Waals surface area contributed by atoms with Crippen molar-refractivity contribution in [2.75, 3.05) is 14.2 Å². The molecule has 8 heteroatoms. The summed E-state index contributed by atoms with van der Waals surface area (Å²) >= 11 is 1.14. The summed E-state index contributed by atoms with van der Waals surface area (Å²) in [6.45, 7) is 0. The van der Waals surface area contributed by atoms with Crippen LogP contribution >= 0.6 is 11.3 Å². The van der Waals surface area contributed by atoms with Crippen LogP contribution in [0.15, 0.2) is 58.1 Å². The van der Waals surface area contributed by atoms with Crippen molar-refractivity contribution in [1.29, 1.82) is 0 Å². The average Bonchev–Trinajstić information content (AvgIpc) is 3.50. The predicted molar refractivity (Wildman–Crippen MR) is 147 cm³/mol. The van der Waals surface area contributed by atoms with Gasteiger partial charge in [0, 0.05) is 34.6 Å². The molecule has 2 heterocycles. The first kappa shape index (κ1) is 25.6. The number of rotatable bonds is 6. The third kappa shape index (κ3) is 4.08. The van der Waals surface area contributed by atoms with Gasteiger partial charge >= 0.3 is 10.1 Å². The quantitative estimate of drug-likeness (QED) is 0.300. The summed E-state index contributed by atoms with van der Waals surface area (Å²) in [7, 11) is -0.769. The molecule has 2 aliphatic carbocycles. The van der Waals surface area contributed by atoms with E-state index < -0.39 is 15.7 Å². The second-order valence-electron chi connectivity index (χ2n) is 10.7. The second-order valence-corrected chi connectivity index (χ2v) is 13.4. The van der Waals surface area contributed by atoms with E-state index in [0.717, 1.165) is 66.9 Å². The number of fused-ring (bicyclic) bond motifs is 4. The smallest absolute Gasteiger partial charge is 0.348 e. The van der Waals surface area contributed by atoms with Gasteiger partial charge in [0.15, 0.2) is 9.96 Å². The zero-order valence-electron chi connectivity index (χ0n) is 21.9. The molecule has 6 rings (SSSR count). The maximum absolute atomic E-state index is 13.3. The highest BCUT2D eigenvalue weighted by Gasteiger charge is 2.60. The molecule has 0 N–H and O–H groups in total. The zero-order chi connectivity index (χ0) is 26.4. The Labute approximate surface area is 229 Å². The molecule has 2 atom stereocenters. The molecule has 2 aromatic carbocycles. The molecule has 1 spiro atoms. The molecule has 0 saturated heterocycles. The van der Waals surface area contributed by atoms with Crippen molar-refractivity contribution in [3.05, 3.63) is 65.0 Å². The van der Waals surface area contributed by atoms with Crippen LogP contribution in [-0.4, -0.2) is 22.6 Å². The Morgan fingerprint density at radius 2 is 1.58 bits per heavy atom. The molecule has 38 heavy (non-hydrogen) atoms. The van der Waals surface area contributed by atoms with E-state index in [9.17, 15) is 8.42 Å². The van der Waals surface area contributed by atoms with Crippen LogP contribution < -0.4 is 18.4 Å². The maximum atomic E-state index is 13.3. The van der Waals surface area contributed by atoms with Gasteiger partial charge in [-0.3, -0.25) is 0 Å². The first-order valence-corrected chi connectivity index (χ1v) is 15.7. The van der Waals surface area contributed by atoms with Gasteiger partial charge in [0.1, 0.15) is 22.8 Å². The number of hydrogen-bond acceptors (Lipinski definition) is 7. The molecular weight excluding hydrogens is 520 g/mol. The van der Waals surface area contributed by atoms with Gasteiger partial charge in [-0.15, -0.1) is 11.3 Å². The number of hydrogen-bond donors (Lipinski definition) is 0. The van der Waals surface area contributed by atoms with E-state index in [2.05, 4.69) is 6.07 Å². The van der Waals surface area contributed by atoms with Gasteiger partial charge in [0.2, 0.25) is 0 Å². The molecule has 2 fully saturated rings. The minimum Gasteiger partial charge on any atom is -0.497 e. The van der Waals surface area contributed by atoms with Gasteiger partial charge in [-0.25, -0.2) is 0 Å². The summed E-state index contributed by atoms with van der Waals surface area (Å²) < 4.78 is 50.9. The largest absolute Gasteiger partial charge is 0.497 e. The molecule has 1 aliphatic heterocycles. The van der Waals surface area contributed by atoms with Crippen LogP contribution in [-0.2, 0) is 21.1 Å². The summed E-state index contributed by atoms with van der Waals surface area (Å²) in [5, 5.41) is 1.74. The first-order chi connectivity index (χ1) is 18.4. The molecule has 6 nitrogen and oxygen atoms in total. The van der Waals surface area contributed by atoms with Crippen LogP contribution in [0.2, 0.25) is 0 Å². The van der Waals surface area contributed by atoms with Crippen molar-refractivity contribution in [3.63, 3.8) is 0 Å². The summed E-state index contributed by atoms with van der Waals surface area (Å²) in [6, 6.07) is 15.1. The Hall–Kier alpha value is -2.71. The fourth-order valence-electron chi connectivity index (χ4n) is 7.29. The number of ether oxygens (including phenoxy) is 3. The van der Waals surface area contributed by atoms with E-state index in [4.69, 9.17) is 18.4 Å². The number of thiophene rings is 1. The molecule has 0 unspecified atom stereocenters. The summed E-state index contributed by atoms with van der Waals surface area (Å²) in [4.78, 5) is 0. The maximum Gasteiger partial charge on any atom is 0.348 e. The fraction of sp³-hybridized carbons (Fsp3) is 0.467. The van der Waals surface area contributed by atoms with Gasteiger partial charge < -0.3 is 18.4 Å². The molecule has 0 amide bonds. The monoisotopic (exact) mass is 554 g/mol. The van der Waals surface area contributed by atoms with Crippen molar-refractivity contribution in [3.8, 4) is 23.0 Å². The van der Waals surface area contributed by atoms with E-state index in [1.807, 2.05) is 24.3 Å². The van der Waals surface area contributed by atoms with Gasteiger partial charge in [-0.05, 0) is 61.7 Å². The summed E-state index contributed by atoms with van der Waals surface area (Å²) in [5.41, 5.74) is 1.29. The van der Waals surface area contributed by atoms with Gasteiger partial charge in [0.05, 0.1) is 14.2 Å². The predicted octanol–water partition coefficient (Wildman–Crippen LogP) is 7.21. The van der Waals surface area contributed by atoms with E-state index >= 15 is 0 Å². The molecule has 202 valence electrons. The van der Waals surface area contributed by atoms with Crippen molar-refractivity contribution in [1.82, 2.24) is 0 Å². The van der Waals surface area contributed by atoms with E-state index in [1.165, 1.54) is 24.8 Å². The molecule has 1 aromatic heterocycles. The Kier molecular flexibility index (Phi) is 6.59. The lowest BCUT2D eigenvalue weighted by Gasteiger charge is -2.58. The van der Waals surface area contributed by atoms with E-state index in [1.54, 1.807) is 37.8 Å². The van der Waals surface area contributed by atoms with Crippen molar-refractivity contribution in [2.24, 2.45) is 5.92 Å². The highest BCUT2D eigenvalue weighted by Crippen LogP contribution is 2.64. The van der Waals surface area contributed by atoms with Crippen molar-refractivity contribution >= 4 is 21.5 Å². The molecule has 3 aliphatic rings. The van der Waals surface area contributed by atoms with E-state index in [-0.39, 0.29) is 21.3 Å². The Bertz CT molecular complexity index is 1410. The van der Waals surface area contributed by atoms with Crippen LogP contribution in [0.1, 0.15) is 68.9 Å². The second kappa shape index (κ2) is 9.79.